The van der Waals surface area contributed by atoms with Crippen molar-refractivity contribution in [2.24, 2.45) is 0 Å². The summed E-state index contributed by atoms with van der Waals surface area (Å²) in [6.45, 7) is 0. The fourth-order valence-electron chi connectivity index (χ4n) is 1.82. The van der Waals surface area contributed by atoms with E-state index in [0.717, 1.165) is 16.9 Å². The highest BCUT2D eigenvalue weighted by molar-refractivity contribution is 6.42. The van der Waals surface area contributed by atoms with Crippen molar-refractivity contribution in [3.63, 3.8) is 0 Å². The zero-order valence-corrected chi connectivity index (χ0v) is 12.5. The quantitative estimate of drug-likeness (QED) is 0.700. The van der Waals surface area contributed by atoms with Crippen LogP contribution in [0.15, 0.2) is 46.9 Å². The number of halogens is 2. The van der Waals surface area contributed by atoms with Gasteiger partial charge in [0.15, 0.2) is 0 Å². The van der Waals surface area contributed by atoms with Crippen molar-refractivity contribution >= 4 is 23.2 Å². The maximum absolute atomic E-state index is 5.99. The van der Waals surface area contributed by atoms with Crippen LogP contribution in [0, 0.1) is 0 Å². The fraction of sp³-hybridized carbons (Fsp3) is 0.0667. The van der Waals surface area contributed by atoms with Gasteiger partial charge < -0.3 is 9.15 Å². The van der Waals surface area contributed by atoms with Crippen molar-refractivity contribution in [3.05, 3.63) is 52.5 Å². The number of hydrogen-bond donors (Lipinski definition) is 0. The lowest BCUT2D eigenvalue weighted by Crippen LogP contribution is -1.82. The monoisotopic (exact) mass is 320 g/mol. The Morgan fingerprint density at radius 3 is 2.10 bits per heavy atom. The van der Waals surface area contributed by atoms with Crippen LogP contribution in [0.1, 0.15) is 0 Å². The van der Waals surface area contributed by atoms with Crippen molar-refractivity contribution in [1.82, 2.24) is 10.2 Å². The molecule has 0 amide bonds. The summed E-state index contributed by atoms with van der Waals surface area (Å²) < 4.78 is 10.8. The van der Waals surface area contributed by atoms with Gasteiger partial charge in [-0.1, -0.05) is 23.2 Å². The minimum absolute atomic E-state index is 0.388. The van der Waals surface area contributed by atoms with Crippen LogP contribution in [0.3, 0.4) is 0 Å². The van der Waals surface area contributed by atoms with E-state index in [2.05, 4.69) is 10.2 Å². The molecule has 1 heterocycles. The summed E-state index contributed by atoms with van der Waals surface area (Å²) in [5.41, 5.74) is 1.53. The first-order valence-electron chi connectivity index (χ1n) is 6.11. The van der Waals surface area contributed by atoms with E-state index in [-0.39, 0.29) is 0 Å². The Balaban J connectivity index is 1.93. The summed E-state index contributed by atoms with van der Waals surface area (Å²) >= 11 is 11.9. The lowest BCUT2D eigenvalue weighted by Gasteiger charge is -2.00. The highest BCUT2D eigenvalue weighted by Gasteiger charge is 2.11. The molecule has 2 aromatic carbocycles. The lowest BCUT2D eigenvalue weighted by molar-refractivity contribution is 0.415. The van der Waals surface area contributed by atoms with E-state index in [4.69, 9.17) is 32.4 Å². The van der Waals surface area contributed by atoms with Gasteiger partial charge in [-0.3, -0.25) is 0 Å². The van der Waals surface area contributed by atoms with Crippen LogP contribution in [0.4, 0.5) is 0 Å². The molecule has 3 aromatic rings. The maximum atomic E-state index is 5.99. The number of benzene rings is 2. The molecule has 0 N–H and O–H groups in total. The molecule has 0 atom stereocenters. The Hall–Kier alpha value is -2.04. The maximum Gasteiger partial charge on any atom is 0.248 e. The van der Waals surface area contributed by atoms with Gasteiger partial charge in [-0.15, -0.1) is 10.2 Å². The van der Waals surface area contributed by atoms with E-state index in [9.17, 15) is 0 Å². The molecule has 0 aliphatic heterocycles. The number of ether oxygens (including phenoxy) is 1. The smallest absolute Gasteiger partial charge is 0.248 e. The molecule has 1 aromatic heterocycles. The topological polar surface area (TPSA) is 48.2 Å². The predicted molar refractivity (Wildman–Crippen MR) is 81.7 cm³/mol. The van der Waals surface area contributed by atoms with Crippen LogP contribution in [0.2, 0.25) is 10.0 Å². The highest BCUT2D eigenvalue weighted by Crippen LogP contribution is 2.29. The van der Waals surface area contributed by atoms with Crippen LogP contribution in [0.5, 0.6) is 5.75 Å². The zero-order valence-electron chi connectivity index (χ0n) is 11.0. The van der Waals surface area contributed by atoms with Gasteiger partial charge in [0.1, 0.15) is 5.75 Å². The summed E-state index contributed by atoms with van der Waals surface area (Å²) in [5, 5.41) is 8.99. The van der Waals surface area contributed by atoms with Gasteiger partial charge in [0, 0.05) is 11.1 Å². The summed E-state index contributed by atoms with van der Waals surface area (Å²) in [7, 11) is 1.62. The first kappa shape index (κ1) is 13.9. The molecule has 6 heteroatoms. The first-order valence-corrected chi connectivity index (χ1v) is 6.86. The van der Waals surface area contributed by atoms with E-state index in [0.29, 0.717) is 21.8 Å². The van der Waals surface area contributed by atoms with E-state index in [1.54, 1.807) is 25.3 Å². The molecule has 0 aliphatic carbocycles. The molecule has 0 aliphatic rings. The molecule has 0 saturated carbocycles. The average Bonchev–Trinajstić information content (AvgIpc) is 3.00. The molecule has 0 unspecified atom stereocenters. The number of aromatic nitrogens is 2. The van der Waals surface area contributed by atoms with Gasteiger partial charge in [-0.2, -0.15) is 0 Å². The third-order valence-electron chi connectivity index (χ3n) is 2.93. The summed E-state index contributed by atoms with van der Waals surface area (Å²) in [4.78, 5) is 0. The Labute approximate surface area is 131 Å². The fourth-order valence-corrected chi connectivity index (χ4v) is 2.12. The van der Waals surface area contributed by atoms with Crippen LogP contribution < -0.4 is 4.74 Å². The Bertz CT molecular complexity index is 770. The van der Waals surface area contributed by atoms with Gasteiger partial charge in [-0.25, -0.2) is 0 Å². The normalized spacial score (nSPS) is 10.6. The van der Waals surface area contributed by atoms with Crippen LogP contribution in [-0.2, 0) is 0 Å². The molecule has 0 saturated heterocycles. The van der Waals surface area contributed by atoms with Gasteiger partial charge >= 0.3 is 0 Å². The molecule has 0 spiro atoms. The second-order valence-electron chi connectivity index (χ2n) is 4.27. The largest absolute Gasteiger partial charge is 0.497 e. The molecule has 0 fully saturated rings. The van der Waals surface area contributed by atoms with Gasteiger partial charge in [0.05, 0.1) is 17.2 Å². The van der Waals surface area contributed by atoms with Crippen LogP contribution in [-0.4, -0.2) is 17.3 Å². The molecule has 106 valence electrons. The van der Waals surface area contributed by atoms with Gasteiger partial charge in [0.25, 0.3) is 0 Å². The highest BCUT2D eigenvalue weighted by atomic mass is 35.5. The van der Waals surface area contributed by atoms with Crippen molar-refractivity contribution in [3.8, 4) is 28.7 Å². The van der Waals surface area contributed by atoms with E-state index >= 15 is 0 Å². The van der Waals surface area contributed by atoms with E-state index < -0.39 is 0 Å². The molecule has 0 bridgehead atoms. The average molecular weight is 321 g/mol. The lowest BCUT2D eigenvalue weighted by atomic mass is 10.2. The number of rotatable bonds is 3. The molecular formula is C15H10Cl2N2O2. The number of methoxy groups -OCH3 is 1. The Kier molecular flexibility index (Phi) is 3.82. The molecule has 0 radical (unpaired) electrons. The second-order valence-corrected chi connectivity index (χ2v) is 5.08. The first-order chi connectivity index (χ1) is 10.2. The third kappa shape index (κ3) is 2.86. The third-order valence-corrected chi connectivity index (χ3v) is 3.67. The minimum atomic E-state index is 0.388. The molecule has 21 heavy (non-hydrogen) atoms. The SMILES string of the molecule is COc1ccc(-c2nnc(-c3ccc(Cl)c(Cl)c3)o2)cc1. The van der Waals surface area contributed by atoms with Crippen molar-refractivity contribution in [1.29, 1.82) is 0 Å². The minimum Gasteiger partial charge on any atom is -0.497 e. The van der Waals surface area contributed by atoms with Crippen LogP contribution in [0.25, 0.3) is 22.9 Å². The van der Waals surface area contributed by atoms with Gasteiger partial charge in [-0.05, 0) is 42.5 Å². The molecular weight excluding hydrogens is 311 g/mol. The standard InChI is InChI=1S/C15H10Cl2N2O2/c1-20-11-5-2-9(3-6-11)14-18-19-15(21-14)10-4-7-12(16)13(17)8-10/h2-8H,1H3. The summed E-state index contributed by atoms with van der Waals surface area (Å²) in [6, 6.07) is 12.5. The van der Waals surface area contributed by atoms with E-state index in [1.165, 1.54) is 0 Å². The van der Waals surface area contributed by atoms with Crippen LogP contribution >= 0.6 is 23.2 Å². The number of nitrogens with zero attached hydrogens (tertiary/aromatic N) is 2. The summed E-state index contributed by atoms with van der Waals surface area (Å²) in [6.07, 6.45) is 0. The number of hydrogen-bond acceptors (Lipinski definition) is 4. The Morgan fingerprint density at radius 1 is 0.857 bits per heavy atom. The van der Waals surface area contributed by atoms with Gasteiger partial charge in [0.2, 0.25) is 11.8 Å². The van der Waals surface area contributed by atoms with Crippen molar-refractivity contribution in [2.45, 2.75) is 0 Å². The summed E-state index contributed by atoms with van der Waals surface area (Å²) in [5.74, 6) is 1.58. The van der Waals surface area contributed by atoms with Crippen molar-refractivity contribution in [2.75, 3.05) is 7.11 Å². The second kappa shape index (κ2) is 5.76. The van der Waals surface area contributed by atoms with Crippen molar-refractivity contribution < 1.29 is 9.15 Å². The predicted octanol–water partition coefficient (Wildman–Crippen LogP) is 4.72. The zero-order chi connectivity index (χ0) is 14.8. The molecule has 4 nitrogen and oxygen atoms in total. The van der Waals surface area contributed by atoms with E-state index in [1.807, 2.05) is 24.3 Å². The Morgan fingerprint density at radius 2 is 1.48 bits per heavy atom. The molecule has 3 rings (SSSR count).